The second kappa shape index (κ2) is 10.6. The molecule has 0 aromatic heterocycles. The number of rotatable bonds is 9. The molecule has 1 saturated heterocycles. The standard InChI is InChI=1S/C24H30N2O7S/c1-16(2)18-5-7-20(21(13-18)17(3)4)23(27)15-33-24-8-6-19(14-22(24)26(28)29)34(30,31)25-9-11-32-12-10-25/h5-8,13-14,16-17H,9-12,15H2,1-4H3. The summed E-state index contributed by atoms with van der Waals surface area (Å²) >= 11 is 0. The lowest BCUT2D eigenvalue weighted by atomic mass is 9.90. The molecule has 1 aliphatic rings. The monoisotopic (exact) mass is 490 g/mol. The number of benzene rings is 2. The third kappa shape index (κ3) is 5.63. The van der Waals surface area contributed by atoms with E-state index in [1.807, 2.05) is 26.0 Å². The van der Waals surface area contributed by atoms with Gasteiger partial charge in [0.05, 0.1) is 23.0 Å². The maximum Gasteiger partial charge on any atom is 0.312 e. The molecule has 0 saturated carbocycles. The smallest absolute Gasteiger partial charge is 0.312 e. The lowest BCUT2D eigenvalue weighted by Gasteiger charge is -2.26. The highest BCUT2D eigenvalue weighted by Gasteiger charge is 2.29. The lowest BCUT2D eigenvalue weighted by Crippen LogP contribution is -2.40. The summed E-state index contributed by atoms with van der Waals surface area (Å²) in [5.74, 6) is -0.0491. The molecule has 9 nitrogen and oxygen atoms in total. The van der Waals surface area contributed by atoms with Crippen molar-refractivity contribution in [3.05, 3.63) is 63.2 Å². The molecule has 34 heavy (non-hydrogen) atoms. The van der Waals surface area contributed by atoms with Gasteiger partial charge in [-0.2, -0.15) is 4.31 Å². The first-order valence-electron chi connectivity index (χ1n) is 11.2. The van der Waals surface area contributed by atoms with E-state index in [9.17, 15) is 23.3 Å². The zero-order valence-corrected chi connectivity index (χ0v) is 20.6. The van der Waals surface area contributed by atoms with Crippen molar-refractivity contribution in [1.29, 1.82) is 0 Å². The third-order valence-corrected chi connectivity index (χ3v) is 7.65. The summed E-state index contributed by atoms with van der Waals surface area (Å²) in [6, 6.07) is 9.14. The van der Waals surface area contributed by atoms with E-state index >= 15 is 0 Å². The van der Waals surface area contributed by atoms with Gasteiger partial charge in [0.1, 0.15) is 0 Å². The van der Waals surface area contributed by atoms with Gasteiger partial charge in [0.15, 0.2) is 18.1 Å². The third-order valence-electron chi connectivity index (χ3n) is 5.76. The zero-order valence-electron chi connectivity index (χ0n) is 19.8. The number of carbonyl (C=O) groups excluding carboxylic acids is 1. The normalized spacial score (nSPS) is 15.0. The molecule has 1 fully saturated rings. The van der Waals surface area contributed by atoms with Crippen LogP contribution in [0.5, 0.6) is 5.75 Å². The molecule has 0 bridgehead atoms. The van der Waals surface area contributed by atoms with Crippen LogP contribution in [0.2, 0.25) is 0 Å². The van der Waals surface area contributed by atoms with Gasteiger partial charge in [-0.3, -0.25) is 14.9 Å². The SMILES string of the molecule is CC(C)c1ccc(C(=O)COc2ccc(S(=O)(=O)N3CCOCC3)cc2[N+](=O)[O-])c(C(C)C)c1. The molecule has 10 heteroatoms. The van der Waals surface area contributed by atoms with Gasteiger partial charge in [-0.25, -0.2) is 8.42 Å². The molecule has 0 aliphatic carbocycles. The minimum absolute atomic E-state index is 0.108. The van der Waals surface area contributed by atoms with Crippen molar-refractivity contribution in [2.45, 2.75) is 44.4 Å². The molecule has 2 aromatic carbocycles. The van der Waals surface area contributed by atoms with Crippen molar-refractivity contribution >= 4 is 21.5 Å². The number of ether oxygens (including phenoxy) is 2. The molecular formula is C24H30N2O7S. The van der Waals surface area contributed by atoms with E-state index in [0.29, 0.717) is 11.5 Å². The second-order valence-corrected chi connectivity index (χ2v) is 10.7. The summed E-state index contributed by atoms with van der Waals surface area (Å²) in [7, 11) is -3.91. The Morgan fingerprint density at radius 1 is 1.09 bits per heavy atom. The predicted molar refractivity (Wildman–Crippen MR) is 127 cm³/mol. The van der Waals surface area contributed by atoms with Crippen LogP contribution in [-0.2, 0) is 14.8 Å². The fraction of sp³-hybridized carbons (Fsp3) is 0.458. The highest BCUT2D eigenvalue weighted by molar-refractivity contribution is 7.89. The molecule has 0 amide bonds. The van der Waals surface area contributed by atoms with E-state index in [1.165, 1.54) is 16.4 Å². The number of carbonyl (C=O) groups is 1. The van der Waals surface area contributed by atoms with Crippen molar-refractivity contribution < 1.29 is 27.6 Å². The number of Topliss-reactive ketones (excluding diaryl/α,β-unsaturated/α-hetero) is 1. The Labute approximate surface area is 199 Å². The molecule has 0 N–H and O–H groups in total. The van der Waals surface area contributed by atoms with Crippen molar-refractivity contribution in [2.24, 2.45) is 0 Å². The molecule has 0 unspecified atom stereocenters. The minimum atomic E-state index is -3.91. The van der Waals surface area contributed by atoms with E-state index in [1.54, 1.807) is 6.07 Å². The van der Waals surface area contributed by atoms with Gasteiger partial charge in [0.25, 0.3) is 0 Å². The molecule has 3 rings (SSSR count). The second-order valence-electron chi connectivity index (χ2n) is 8.77. The first-order valence-corrected chi connectivity index (χ1v) is 12.6. The average Bonchev–Trinajstić information content (AvgIpc) is 2.82. The molecule has 1 heterocycles. The van der Waals surface area contributed by atoms with Gasteiger partial charge >= 0.3 is 5.69 Å². The van der Waals surface area contributed by atoms with Crippen molar-refractivity contribution in [1.82, 2.24) is 4.31 Å². The van der Waals surface area contributed by atoms with Crippen LogP contribution < -0.4 is 4.74 Å². The fourth-order valence-corrected chi connectivity index (χ4v) is 5.18. The number of nitro benzene ring substituents is 1. The number of sulfonamides is 1. The molecule has 0 atom stereocenters. The first kappa shape index (κ1) is 25.8. The van der Waals surface area contributed by atoms with Gasteiger partial charge in [0.2, 0.25) is 10.0 Å². The van der Waals surface area contributed by atoms with Crippen LogP contribution in [-0.4, -0.2) is 56.3 Å². The van der Waals surface area contributed by atoms with Crippen LogP contribution in [0, 0.1) is 10.1 Å². The number of hydrogen-bond donors (Lipinski definition) is 0. The highest BCUT2D eigenvalue weighted by atomic mass is 32.2. The number of hydrogen-bond acceptors (Lipinski definition) is 7. The van der Waals surface area contributed by atoms with Gasteiger partial charge in [-0.1, -0.05) is 45.9 Å². The van der Waals surface area contributed by atoms with Crippen LogP contribution >= 0.6 is 0 Å². The fourth-order valence-electron chi connectivity index (χ4n) is 3.75. The predicted octanol–water partition coefficient (Wildman–Crippen LogP) is 4.12. The average molecular weight is 491 g/mol. The molecule has 184 valence electrons. The lowest BCUT2D eigenvalue weighted by molar-refractivity contribution is -0.386. The van der Waals surface area contributed by atoms with Crippen molar-refractivity contribution in [3.63, 3.8) is 0 Å². The summed E-state index contributed by atoms with van der Waals surface area (Å²) in [5, 5.41) is 11.6. The maximum atomic E-state index is 12.9. The van der Waals surface area contributed by atoms with Crippen LogP contribution in [0.25, 0.3) is 0 Å². The Bertz CT molecular complexity index is 1170. The van der Waals surface area contributed by atoms with E-state index in [0.717, 1.165) is 17.2 Å². The van der Waals surface area contributed by atoms with E-state index < -0.39 is 27.2 Å². The Morgan fingerprint density at radius 3 is 2.35 bits per heavy atom. The number of ketones is 1. The Balaban J connectivity index is 1.83. The van der Waals surface area contributed by atoms with Crippen LogP contribution in [0.15, 0.2) is 41.3 Å². The molecule has 0 spiro atoms. The van der Waals surface area contributed by atoms with E-state index in [4.69, 9.17) is 9.47 Å². The maximum absolute atomic E-state index is 12.9. The number of nitrogens with zero attached hydrogens (tertiary/aromatic N) is 2. The highest BCUT2D eigenvalue weighted by Crippen LogP contribution is 2.32. The van der Waals surface area contributed by atoms with Gasteiger partial charge < -0.3 is 9.47 Å². The summed E-state index contributed by atoms with van der Waals surface area (Å²) in [6.07, 6.45) is 0. The van der Waals surface area contributed by atoms with Crippen molar-refractivity contribution in [3.8, 4) is 5.75 Å². The quantitative estimate of drug-likeness (QED) is 0.295. The molecular weight excluding hydrogens is 460 g/mol. The minimum Gasteiger partial charge on any atom is -0.478 e. The molecule has 2 aromatic rings. The van der Waals surface area contributed by atoms with Crippen LogP contribution in [0.1, 0.15) is 61.0 Å². The summed E-state index contributed by atoms with van der Waals surface area (Å²) < 4.78 is 37.6. The van der Waals surface area contributed by atoms with E-state index in [-0.39, 0.29) is 48.6 Å². The van der Waals surface area contributed by atoms with Crippen LogP contribution in [0.4, 0.5) is 5.69 Å². The molecule has 0 radical (unpaired) electrons. The number of morpholine rings is 1. The largest absolute Gasteiger partial charge is 0.478 e. The molecule has 1 aliphatic heterocycles. The van der Waals surface area contributed by atoms with Crippen LogP contribution in [0.3, 0.4) is 0 Å². The van der Waals surface area contributed by atoms with Gasteiger partial charge in [-0.15, -0.1) is 0 Å². The Kier molecular flexibility index (Phi) is 8.06. The van der Waals surface area contributed by atoms with E-state index in [2.05, 4.69) is 13.8 Å². The van der Waals surface area contributed by atoms with Gasteiger partial charge in [-0.05, 0) is 35.1 Å². The summed E-state index contributed by atoms with van der Waals surface area (Å²) in [6.45, 7) is 8.62. The van der Waals surface area contributed by atoms with Gasteiger partial charge in [0, 0.05) is 24.7 Å². The Morgan fingerprint density at radius 2 is 1.76 bits per heavy atom. The summed E-state index contributed by atoms with van der Waals surface area (Å²) in [4.78, 5) is 23.7. The zero-order chi connectivity index (χ0) is 25.0. The Hall–Kier alpha value is -2.82. The van der Waals surface area contributed by atoms with Crippen molar-refractivity contribution in [2.75, 3.05) is 32.9 Å². The topological polar surface area (TPSA) is 116 Å². The summed E-state index contributed by atoms with van der Waals surface area (Å²) in [5.41, 5.74) is 2.00. The first-order chi connectivity index (χ1) is 16.0. The number of nitro groups is 1.